The van der Waals surface area contributed by atoms with E-state index in [2.05, 4.69) is 18.3 Å². The summed E-state index contributed by atoms with van der Waals surface area (Å²) in [6.45, 7) is 6.48. The van der Waals surface area contributed by atoms with Crippen LogP contribution in [0.1, 0.15) is 116 Å². The van der Waals surface area contributed by atoms with Crippen LogP contribution in [0, 0.1) is 11.8 Å². The molecule has 1 aliphatic carbocycles. The number of amides is 2. The number of benzene rings is 1. The second kappa shape index (κ2) is 21.4. The lowest BCUT2D eigenvalue weighted by Gasteiger charge is -2.30. The quantitative estimate of drug-likeness (QED) is 0.0339. The van der Waals surface area contributed by atoms with Gasteiger partial charge in [0.15, 0.2) is 5.60 Å². The van der Waals surface area contributed by atoms with Gasteiger partial charge < -0.3 is 20.3 Å². The number of allylic oxidation sites excluding steroid dienone is 1. The summed E-state index contributed by atoms with van der Waals surface area (Å²) >= 11 is 0. The normalized spacial score (nSPS) is 16.5. The lowest BCUT2D eigenvalue weighted by molar-refractivity contribution is -0.167. The molecule has 10 nitrogen and oxygen atoms in total. The summed E-state index contributed by atoms with van der Waals surface area (Å²) in [5, 5.41) is 33.0. The minimum Gasteiger partial charge on any atom is -0.493 e. The molecule has 1 unspecified atom stereocenters. The molecule has 262 valence electrons. The molecule has 1 aliphatic rings. The number of carbonyl (C=O) groups is 4. The fourth-order valence-corrected chi connectivity index (χ4v) is 5.60. The van der Waals surface area contributed by atoms with Gasteiger partial charge in [-0.15, -0.1) is 0 Å². The number of carbonyl (C=O) groups excluding carboxylic acids is 3. The van der Waals surface area contributed by atoms with Crippen molar-refractivity contribution in [3.05, 3.63) is 53.6 Å². The number of hydrogen-bond acceptors (Lipinski definition) is 7. The Labute approximate surface area is 280 Å². The third kappa shape index (κ3) is 14.4. The topological polar surface area (TPSA) is 162 Å². The van der Waals surface area contributed by atoms with E-state index in [-0.39, 0.29) is 12.8 Å². The number of unbranched alkanes of at least 4 members (excludes halogenated alkanes) is 8. The minimum absolute atomic E-state index is 0.0127. The van der Waals surface area contributed by atoms with Crippen molar-refractivity contribution in [2.24, 2.45) is 11.8 Å². The van der Waals surface area contributed by atoms with Gasteiger partial charge in [0, 0.05) is 25.2 Å². The molecule has 0 spiro atoms. The lowest BCUT2D eigenvalue weighted by atomic mass is 9.82. The van der Waals surface area contributed by atoms with Crippen molar-refractivity contribution >= 4 is 23.6 Å². The highest BCUT2D eigenvalue weighted by atomic mass is 16.5. The zero-order valence-electron chi connectivity index (χ0n) is 28.5. The molecule has 0 aromatic heterocycles. The number of ketones is 1. The highest BCUT2D eigenvalue weighted by Gasteiger charge is 2.46. The van der Waals surface area contributed by atoms with Crippen LogP contribution in [-0.4, -0.2) is 57.2 Å². The van der Waals surface area contributed by atoms with E-state index in [1.54, 1.807) is 42.7 Å². The Balaban J connectivity index is 1.95. The van der Waals surface area contributed by atoms with E-state index < -0.39 is 35.3 Å². The Bertz CT molecular complexity index is 1200. The standard InChI is InChI=1S/C37H56N2O8/c1-4-6-7-10-13-16-30(40)17-14-11-8-9-12-15-18-32(37(45,23-5-2)36(43)44)34(41)38-33(35(42)39-46)25-28-19-21-31(22-20-28)47-26-29-24-27(29)3/h15,18-22,24,29,32-33,45-46H,4-14,16-17,23,25-26H2,1-3H3,(H,38,41)(H,39,42)(H,43,44)/b18-15+/t29?,32-,33+,37+/m1/s1. The van der Waals surface area contributed by atoms with Crippen molar-refractivity contribution in [3.63, 3.8) is 0 Å². The van der Waals surface area contributed by atoms with Crippen molar-refractivity contribution < 1.29 is 39.3 Å². The average Bonchev–Trinajstić information content (AvgIpc) is 3.77. The minimum atomic E-state index is -2.39. The van der Waals surface area contributed by atoms with Crippen molar-refractivity contribution in [1.29, 1.82) is 0 Å². The molecular weight excluding hydrogens is 600 g/mol. The molecule has 0 fully saturated rings. The predicted octanol–water partition coefficient (Wildman–Crippen LogP) is 6.23. The second-order valence-corrected chi connectivity index (χ2v) is 12.8. The van der Waals surface area contributed by atoms with Crippen molar-refractivity contribution in [2.45, 2.75) is 129 Å². The first-order chi connectivity index (χ1) is 22.5. The Kier molecular flexibility index (Phi) is 18.1. The van der Waals surface area contributed by atoms with Gasteiger partial charge in [0.2, 0.25) is 5.91 Å². The number of rotatable bonds is 26. The van der Waals surface area contributed by atoms with E-state index in [1.165, 1.54) is 30.9 Å². The molecule has 0 bridgehead atoms. The van der Waals surface area contributed by atoms with Crippen LogP contribution in [0.4, 0.5) is 0 Å². The third-order valence-corrected chi connectivity index (χ3v) is 8.74. The van der Waals surface area contributed by atoms with Gasteiger partial charge >= 0.3 is 5.97 Å². The molecular formula is C37H56N2O8. The van der Waals surface area contributed by atoms with Crippen LogP contribution in [0.5, 0.6) is 5.75 Å². The highest BCUT2D eigenvalue weighted by Crippen LogP contribution is 2.29. The molecule has 1 aromatic carbocycles. The molecule has 0 heterocycles. The van der Waals surface area contributed by atoms with Crippen LogP contribution in [0.25, 0.3) is 0 Å². The van der Waals surface area contributed by atoms with Gasteiger partial charge in [0.1, 0.15) is 17.6 Å². The van der Waals surface area contributed by atoms with Crippen LogP contribution in [0.15, 0.2) is 48.1 Å². The van der Waals surface area contributed by atoms with E-state index in [0.29, 0.717) is 55.3 Å². The van der Waals surface area contributed by atoms with Crippen molar-refractivity contribution in [1.82, 2.24) is 10.8 Å². The maximum atomic E-state index is 13.5. The van der Waals surface area contributed by atoms with Gasteiger partial charge in [-0.2, -0.15) is 0 Å². The molecule has 0 saturated carbocycles. The largest absolute Gasteiger partial charge is 0.493 e. The van der Waals surface area contributed by atoms with Crippen LogP contribution in [-0.2, 0) is 25.6 Å². The first-order valence-electron chi connectivity index (χ1n) is 17.3. The predicted molar refractivity (Wildman–Crippen MR) is 181 cm³/mol. The van der Waals surface area contributed by atoms with E-state index >= 15 is 0 Å². The molecule has 0 radical (unpaired) electrons. The lowest BCUT2D eigenvalue weighted by Crippen LogP contribution is -2.55. The van der Waals surface area contributed by atoms with Crippen LogP contribution in [0.3, 0.4) is 0 Å². The Morgan fingerprint density at radius 2 is 1.53 bits per heavy atom. The zero-order chi connectivity index (χ0) is 34.7. The van der Waals surface area contributed by atoms with Gasteiger partial charge in [0.05, 0.1) is 12.5 Å². The number of nitrogens with one attached hydrogen (secondary N) is 2. The van der Waals surface area contributed by atoms with Gasteiger partial charge in [-0.1, -0.05) is 94.7 Å². The van der Waals surface area contributed by atoms with Gasteiger partial charge in [0.25, 0.3) is 5.91 Å². The molecule has 10 heteroatoms. The van der Waals surface area contributed by atoms with E-state index in [4.69, 9.17) is 4.74 Å². The van der Waals surface area contributed by atoms with Gasteiger partial charge in [-0.05, 0) is 56.7 Å². The molecule has 5 N–H and O–H groups in total. The number of carboxylic acids is 1. The average molecular weight is 657 g/mol. The SMILES string of the molecule is CCCCCCCC(=O)CCCCCC/C=C/[C@H](C(=O)N[C@@H](Cc1ccc(OCC2C=C2C)cc1)C(=O)NO)[C@@](O)(CCC)C(=O)O. The molecule has 2 amide bonds. The van der Waals surface area contributed by atoms with Gasteiger partial charge in [-0.3, -0.25) is 19.6 Å². The van der Waals surface area contributed by atoms with Crippen molar-refractivity contribution in [3.8, 4) is 5.75 Å². The first-order valence-corrected chi connectivity index (χ1v) is 17.3. The van der Waals surface area contributed by atoms with Crippen molar-refractivity contribution in [2.75, 3.05) is 6.61 Å². The number of ether oxygens (including phenoxy) is 1. The van der Waals surface area contributed by atoms with Crippen LogP contribution < -0.4 is 15.5 Å². The second-order valence-electron chi connectivity index (χ2n) is 12.8. The van der Waals surface area contributed by atoms with Gasteiger partial charge in [-0.25, -0.2) is 10.3 Å². The summed E-state index contributed by atoms with van der Waals surface area (Å²) in [7, 11) is 0. The number of carboxylic acid groups (broad SMARTS) is 1. The summed E-state index contributed by atoms with van der Waals surface area (Å²) in [6, 6.07) is 5.78. The summed E-state index contributed by atoms with van der Waals surface area (Å²) in [4.78, 5) is 50.4. The summed E-state index contributed by atoms with van der Waals surface area (Å²) < 4.78 is 5.77. The molecule has 47 heavy (non-hydrogen) atoms. The Morgan fingerprint density at radius 1 is 0.915 bits per heavy atom. The molecule has 0 aliphatic heterocycles. The third-order valence-electron chi connectivity index (χ3n) is 8.74. The molecule has 2 rings (SSSR count). The Morgan fingerprint density at radius 3 is 2.09 bits per heavy atom. The number of aliphatic hydroxyl groups is 1. The summed E-state index contributed by atoms with van der Waals surface area (Å²) in [5.41, 5.74) is 1.15. The zero-order valence-corrected chi connectivity index (χ0v) is 28.5. The maximum absolute atomic E-state index is 13.5. The fourth-order valence-electron chi connectivity index (χ4n) is 5.60. The van der Waals surface area contributed by atoms with E-state index in [1.807, 2.05) is 6.92 Å². The smallest absolute Gasteiger partial charge is 0.336 e. The Hall–Kier alpha value is -3.50. The summed E-state index contributed by atoms with van der Waals surface area (Å²) in [5.74, 6) is -3.39. The molecule has 4 atom stereocenters. The fraction of sp³-hybridized carbons (Fsp3) is 0.622. The van der Waals surface area contributed by atoms with Crippen LogP contribution in [0.2, 0.25) is 0 Å². The number of Topliss-reactive ketones (excluding diaryl/α,β-unsaturated/α-hetero) is 1. The maximum Gasteiger partial charge on any atom is 0.336 e. The summed E-state index contributed by atoms with van der Waals surface area (Å²) in [6.07, 6.45) is 16.2. The van der Waals surface area contributed by atoms with E-state index in [0.717, 1.165) is 38.5 Å². The number of hydroxylamine groups is 1. The number of hydrogen-bond donors (Lipinski definition) is 5. The molecule has 0 saturated heterocycles. The highest BCUT2D eigenvalue weighted by molar-refractivity contribution is 5.93. The first kappa shape index (κ1) is 39.7. The molecule has 1 aromatic rings. The van der Waals surface area contributed by atoms with Crippen LogP contribution >= 0.6 is 0 Å². The monoisotopic (exact) mass is 656 g/mol. The van der Waals surface area contributed by atoms with E-state index in [9.17, 15) is 34.6 Å². The number of aliphatic carboxylic acids is 1.